The van der Waals surface area contributed by atoms with Gasteiger partial charge in [0.15, 0.2) is 18.4 Å². The highest BCUT2D eigenvalue weighted by Crippen LogP contribution is 2.39. The lowest BCUT2D eigenvalue weighted by Gasteiger charge is -2.50. The molecule has 15 atom stereocenters. The Bertz CT molecular complexity index is 1340. The standard InChI is InChI=1S/C41H67NO15/c1-12-31(45)54-30-22-32(46)51-25(4)17-15-14-16-18-29(44)24(3)21-28(19-20-43)37(38(30)48-10)56-40-35(47)34(42(8)9)36(26(5)53-40)55-33-23-41(7,57-49-11)39(50-13-2)27(6)52-33/h14-16,18,20,24-28,30,33-40,47H,12-13,17,19,21-23H2,1-11H3/b15-14+,18-16+/t24-,25-,26-,27+,28?,30?,33+,34-,35-,36-,37+,38+,39+,40+,41-/m1/s1. The first-order chi connectivity index (χ1) is 27.0. The van der Waals surface area contributed by atoms with Gasteiger partial charge in [0.25, 0.3) is 0 Å². The van der Waals surface area contributed by atoms with Crippen LogP contribution < -0.4 is 0 Å². The van der Waals surface area contributed by atoms with Crippen LogP contribution in [-0.4, -0.2) is 148 Å². The molecule has 0 amide bonds. The Labute approximate surface area is 337 Å². The molecule has 0 aromatic heterocycles. The Kier molecular flexibility index (Phi) is 19.9. The van der Waals surface area contributed by atoms with Crippen molar-refractivity contribution in [1.82, 2.24) is 4.90 Å². The van der Waals surface area contributed by atoms with Crippen molar-refractivity contribution in [3.8, 4) is 0 Å². The van der Waals surface area contributed by atoms with E-state index in [0.717, 1.165) is 0 Å². The molecule has 0 saturated carbocycles. The highest BCUT2D eigenvalue weighted by atomic mass is 17.2. The summed E-state index contributed by atoms with van der Waals surface area (Å²) in [4.78, 5) is 64.4. The van der Waals surface area contributed by atoms with Crippen LogP contribution in [0.15, 0.2) is 24.3 Å². The summed E-state index contributed by atoms with van der Waals surface area (Å²) in [6.07, 6.45) is -2.37. The molecule has 0 spiro atoms. The summed E-state index contributed by atoms with van der Waals surface area (Å²) in [5.41, 5.74) is -0.927. The maximum absolute atomic E-state index is 13.3. The molecule has 3 rings (SSSR count). The monoisotopic (exact) mass is 813 g/mol. The molecule has 0 aromatic rings. The SMILES string of the molecule is CCO[C@H]1[C@H](C)O[C@@H](O[C@H]2[C@H](N(C)C)[C@@H](O)[C@H](O[C@H]3C(CC=O)C[C@@H](C)C(=O)/C=C/C=C/C[C@@H](C)OC(=O)CC(OC(=O)CC)[C@@H]3OC)O[C@@H]2C)C[C@@]1(C)OOC. The number of carbonyl (C=O) groups excluding carboxylic acids is 4. The summed E-state index contributed by atoms with van der Waals surface area (Å²) in [7, 11) is 6.37. The van der Waals surface area contributed by atoms with Crippen LogP contribution in [0.4, 0.5) is 0 Å². The number of hydrogen-bond acceptors (Lipinski definition) is 16. The second-order valence-electron chi connectivity index (χ2n) is 15.6. The fourth-order valence-electron chi connectivity index (χ4n) is 8.02. The van der Waals surface area contributed by atoms with Gasteiger partial charge in [-0.3, -0.25) is 14.4 Å². The zero-order valence-corrected chi connectivity index (χ0v) is 35.5. The van der Waals surface area contributed by atoms with Gasteiger partial charge in [0.05, 0.1) is 37.9 Å². The minimum atomic E-state index is -1.36. The Hall–Kier alpha value is -2.64. The number of ketones is 1. The van der Waals surface area contributed by atoms with E-state index in [0.29, 0.717) is 19.3 Å². The number of hydrogen-bond donors (Lipinski definition) is 1. The molecule has 326 valence electrons. The van der Waals surface area contributed by atoms with Gasteiger partial charge in [-0.15, -0.1) is 0 Å². The lowest BCUT2D eigenvalue weighted by Crippen LogP contribution is -2.66. The van der Waals surface area contributed by atoms with Gasteiger partial charge >= 0.3 is 11.9 Å². The lowest BCUT2D eigenvalue weighted by atomic mass is 9.83. The van der Waals surface area contributed by atoms with Gasteiger partial charge in [0, 0.05) is 45.3 Å². The number of likely N-dealkylation sites (N-methyl/N-ethyl adjacent to an activating group) is 1. The summed E-state index contributed by atoms with van der Waals surface area (Å²) in [5.74, 6) is -2.73. The van der Waals surface area contributed by atoms with E-state index in [4.69, 9.17) is 47.7 Å². The summed E-state index contributed by atoms with van der Waals surface area (Å²) in [6, 6.07) is -0.725. The van der Waals surface area contributed by atoms with Crippen molar-refractivity contribution >= 4 is 24.0 Å². The van der Waals surface area contributed by atoms with Crippen LogP contribution in [0, 0.1) is 11.8 Å². The number of rotatable bonds is 14. The zero-order valence-electron chi connectivity index (χ0n) is 35.5. The van der Waals surface area contributed by atoms with Crippen molar-refractivity contribution in [2.45, 2.75) is 166 Å². The smallest absolute Gasteiger partial charge is 0.309 e. The van der Waals surface area contributed by atoms with Crippen LogP contribution in [-0.2, 0) is 66.8 Å². The van der Waals surface area contributed by atoms with E-state index in [1.165, 1.54) is 20.3 Å². The van der Waals surface area contributed by atoms with E-state index in [2.05, 4.69) is 0 Å². The van der Waals surface area contributed by atoms with E-state index in [9.17, 15) is 24.3 Å². The number of aliphatic hydroxyl groups excluding tert-OH is 1. The molecule has 0 aromatic carbocycles. The van der Waals surface area contributed by atoms with E-state index in [1.807, 2.05) is 20.8 Å². The zero-order chi connectivity index (χ0) is 42.4. The van der Waals surface area contributed by atoms with Crippen LogP contribution in [0.25, 0.3) is 0 Å². The van der Waals surface area contributed by atoms with Crippen molar-refractivity contribution in [2.24, 2.45) is 11.8 Å². The molecular formula is C41H67NO15. The molecule has 16 nitrogen and oxygen atoms in total. The third kappa shape index (κ3) is 13.4. The summed E-state index contributed by atoms with van der Waals surface area (Å²) in [5, 5.41) is 12.1. The average molecular weight is 814 g/mol. The highest BCUT2D eigenvalue weighted by Gasteiger charge is 2.53. The third-order valence-electron chi connectivity index (χ3n) is 10.8. The van der Waals surface area contributed by atoms with Gasteiger partial charge < -0.3 is 52.7 Å². The normalized spacial score (nSPS) is 39.9. The average Bonchev–Trinajstić information content (AvgIpc) is 3.13. The largest absolute Gasteiger partial charge is 0.462 e. The van der Waals surface area contributed by atoms with E-state index in [-0.39, 0.29) is 31.5 Å². The number of allylic oxidation sites excluding steroid dienone is 3. The lowest BCUT2D eigenvalue weighted by molar-refractivity contribution is -0.407. The van der Waals surface area contributed by atoms with Gasteiger partial charge in [-0.25, -0.2) is 9.78 Å². The molecule has 16 heteroatoms. The highest BCUT2D eigenvalue weighted by molar-refractivity contribution is 5.91. The predicted molar refractivity (Wildman–Crippen MR) is 205 cm³/mol. The topological polar surface area (TPSA) is 184 Å². The molecule has 3 aliphatic heterocycles. The van der Waals surface area contributed by atoms with Crippen molar-refractivity contribution in [1.29, 1.82) is 0 Å². The molecule has 2 unspecified atom stereocenters. The summed E-state index contributed by atoms with van der Waals surface area (Å²) >= 11 is 0. The van der Waals surface area contributed by atoms with Gasteiger partial charge in [-0.1, -0.05) is 32.1 Å². The molecule has 57 heavy (non-hydrogen) atoms. The Morgan fingerprint density at radius 3 is 2.35 bits per heavy atom. The van der Waals surface area contributed by atoms with Crippen LogP contribution in [0.2, 0.25) is 0 Å². The first-order valence-electron chi connectivity index (χ1n) is 20.1. The predicted octanol–water partition coefficient (Wildman–Crippen LogP) is 3.64. The fourth-order valence-corrected chi connectivity index (χ4v) is 8.02. The molecular weight excluding hydrogens is 746 g/mol. The summed E-state index contributed by atoms with van der Waals surface area (Å²) < 4.78 is 49.4. The number of methoxy groups -OCH3 is 1. The fraction of sp³-hybridized carbons (Fsp3) is 0.805. The number of aldehydes is 1. The first kappa shape index (κ1) is 48.7. The van der Waals surface area contributed by atoms with Crippen LogP contribution >= 0.6 is 0 Å². The van der Waals surface area contributed by atoms with Crippen molar-refractivity contribution < 1.29 is 72.0 Å². The number of carbonyl (C=O) groups is 4. The van der Waals surface area contributed by atoms with E-state index in [1.54, 1.807) is 64.9 Å². The van der Waals surface area contributed by atoms with Gasteiger partial charge in [0.1, 0.15) is 48.5 Å². The van der Waals surface area contributed by atoms with Gasteiger partial charge in [-0.2, -0.15) is 0 Å². The van der Waals surface area contributed by atoms with Crippen molar-refractivity contribution in [3.63, 3.8) is 0 Å². The molecule has 3 aliphatic rings. The van der Waals surface area contributed by atoms with Crippen LogP contribution in [0.3, 0.4) is 0 Å². The van der Waals surface area contributed by atoms with Gasteiger partial charge in [0.2, 0.25) is 0 Å². The molecule has 0 aliphatic carbocycles. The maximum Gasteiger partial charge on any atom is 0.309 e. The van der Waals surface area contributed by atoms with Crippen LogP contribution in [0.5, 0.6) is 0 Å². The Morgan fingerprint density at radius 1 is 1.02 bits per heavy atom. The van der Waals surface area contributed by atoms with E-state index < -0.39 is 109 Å². The minimum Gasteiger partial charge on any atom is -0.462 e. The first-order valence-corrected chi connectivity index (χ1v) is 20.1. The number of ether oxygens (including phenoxy) is 8. The number of cyclic esters (lactones) is 1. The molecule has 2 saturated heterocycles. The molecule has 0 radical (unpaired) electrons. The third-order valence-corrected chi connectivity index (χ3v) is 10.8. The molecule has 1 N–H and O–H groups in total. The number of aliphatic hydroxyl groups is 1. The number of esters is 2. The Morgan fingerprint density at radius 2 is 1.74 bits per heavy atom. The molecule has 0 bridgehead atoms. The van der Waals surface area contributed by atoms with Crippen molar-refractivity contribution in [3.05, 3.63) is 24.3 Å². The maximum atomic E-state index is 13.3. The van der Waals surface area contributed by atoms with Gasteiger partial charge in [-0.05, 0) is 67.1 Å². The molecule has 3 heterocycles. The molecule has 2 fully saturated rings. The summed E-state index contributed by atoms with van der Waals surface area (Å²) in [6.45, 7) is 12.9. The quantitative estimate of drug-likeness (QED) is 0.116. The van der Waals surface area contributed by atoms with Crippen molar-refractivity contribution in [2.75, 3.05) is 34.9 Å². The van der Waals surface area contributed by atoms with Crippen LogP contribution in [0.1, 0.15) is 87.0 Å². The second-order valence-corrected chi connectivity index (χ2v) is 15.6. The number of nitrogens with zero attached hydrogens (tertiary/aromatic N) is 1. The Balaban J connectivity index is 2.04. The minimum absolute atomic E-state index is 0.00469. The second kappa shape index (κ2) is 23.2. The van der Waals surface area contributed by atoms with E-state index >= 15 is 0 Å².